The van der Waals surface area contributed by atoms with E-state index >= 15 is 0 Å². The predicted octanol–water partition coefficient (Wildman–Crippen LogP) is 3.46. The molecule has 0 unspecified atom stereocenters. The minimum absolute atomic E-state index is 0.853. The van der Waals surface area contributed by atoms with E-state index in [1.165, 1.54) is 0 Å². The third-order valence-electron chi connectivity index (χ3n) is 1.52. The van der Waals surface area contributed by atoms with Crippen molar-refractivity contribution in [1.29, 1.82) is 0 Å². The summed E-state index contributed by atoms with van der Waals surface area (Å²) in [6, 6.07) is 0. The van der Waals surface area contributed by atoms with E-state index in [4.69, 9.17) is 22.2 Å². The lowest BCUT2D eigenvalue weighted by molar-refractivity contribution is -0.154. The van der Waals surface area contributed by atoms with E-state index in [9.17, 15) is 17.6 Å². The molecule has 0 saturated heterocycles. The Morgan fingerprint density at radius 1 is 1.50 bits per heavy atom. The molecular formula is C7H3ClF4N4O2. The first-order valence-electron chi connectivity index (χ1n) is 4.09. The van der Waals surface area contributed by atoms with Gasteiger partial charge in [-0.1, -0.05) is 11.6 Å². The van der Waals surface area contributed by atoms with Gasteiger partial charge in [-0.25, -0.2) is 9.37 Å². The van der Waals surface area contributed by atoms with Crippen LogP contribution < -0.4 is 4.74 Å². The Bertz CT molecular complexity index is 515. The Balaban J connectivity index is 3.16. The molecule has 0 aliphatic carbocycles. The number of alkyl halides is 3. The molecule has 0 bridgehead atoms. The van der Waals surface area contributed by atoms with Crippen LogP contribution in [0.15, 0.2) is 5.11 Å². The van der Waals surface area contributed by atoms with Gasteiger partial charge in [-0.3, -0.25) is 0 Å². The fourth-order valence-corrected chi connectivity index (χ4v) is 1.03. The van der Waals surface area contributed by atoms with Gasteiger partial charge in [0.25, 0.3) is 0 Å². The predicted molar refractivity (Wildman–Crippen MR) is 51.2 cm³/mol. The molecule has 1 rings (SSSR count). The molecule has 1 heterocycles. The molecule has 0 radical (unpaired) electrons. The molecule has 0 fully saturated rings. The third-order valence-corrected chi connectivity index (χ3v) is 1.86. The highest BCUT2D eigenvalue weighted by Gasteiger charge is 2.30. The minimum atomic E-state index is -4.67. The Labute approximate surface area is 101 Å². The molecule has 0 amide bonds. The Morgan fingerprint density at radius 3 is 2.61 bits per heavy atom. The average Bonchev–Trinajstić information content (AvgIpc) is 2.27. The molecule has 98 valence electrons. The second-order valence-electron chi connectivity index (χ2n) is 2.81. The van der Waals surface area contributed by atoms with E-state index in [1.54, 1.807) is 0 Å². The second-order valence-corrected chi connectivity index (χ2v) is 3.19. The first-order chi connectivity index (χ1) is 8.26. The topological polar surface area (TPSA) is 91.1 Å². The zero-order valence-corrected chi connectivity index (χ0v) is 9.00. The van der Waals surface area contributed by atoms with Crippen molar-refractivity contribution < 1.29 is 27.4 Å². The lowest BCUT2D eigenvalue weighted by Gasteiger charge is -2.11. The lowest BCUT2D eigenvalue weighted by Crippen LogP contribution is -2.19. The standard InChI is InChI=1S/C7H3ClF4N4O2/c8-2-4(17)3(9)5(15-16-13)14-6(2)18-1-7(10,11)12/h1H2,(H,14,17). The monoisotopic (exact) mass is 286 g/mol. The Kier molecular flexibility index (Phi) is 4.04. The summed E-state index contributed by atoms with van der Waals surface area (Å²) in [4.78, 5) is 5.29. The van der Waals surface area contributed by atoms with Crippen LogP contribution in [0, 0.1) is 5.82 Å². The van der Waals surface area contributed by atoms with Crippen molar-refractivity contribution in [2.75, 3.05) is 6.61 Å². The summed E-state index contributed by atoms with van der Waals surface area (Å²) in [5, 5.41) is 11.0. The van der Waals surface area contributed by atoms with Gasteiger partial charge in [0.05, 0.1) is 0 Å². The molecule has 1 aromatic heterocycles. The van der Waals surface area contributed by atoms with E-state index in [0.717, 1.165) is 0 Å². The average molecular weight is 287 g/mol. The largest absolute Gasteiger partial charge is 0.504 e. The zero-order valence-electron chi connectivity index (χ0n) is 8.24. The summed E-state index contributed by atoms with van der Waals surface area (Å²) in [6.45, 7) is -1.75. The molecule has 1 aromatic rings. The smallest absolute Gasteiger partial charge is 0.422 e. The van der Waals surface area contributed by atoms with Crippen LogP contribution in [-0.2, 0) is 0 Å². The van der Waals surface area contributed by atoms with Gasteiger partial charge in [0.15, 0.2) is 24.0 Å². The van der Waals surface area contributed by atoms with Crippen molar-refractivity contribution in [2.45, 2.75) is 6.18 Å². The molecule has 0 atom stereocenters. The lowest BCUT2D eigenvalue weighted by atomic mass is 10.4. The molecule has 0 aromatic carbocycles. The molecule has 0 aliphatic heterocycles. The molecule has 18 heavy (non-hydrogen) atoms. The van der Waals surface area contributed by atoms with E-state index in [2.05, 4.69) is 19.7 Å². The summed E-state index contributed by atoms with van der Waals surface area (Å²) >= 11 is 5.32. The Morgan fingerprint density at radius 2 is 2.11 bits per heavy atom. The van der Waals surface area contributed by atoms with Crippen LogP contribution in [0.2, 0.25) is 5.02 Å². The number of aromatic hydroxyl groups is 1. The molecule has 0 spiro atoms. The number of azide groups is 1. The minimum Gasteiger partial charge on any atom is -0.504 e. The van der Waals surface area contributed by atoms with Crippen LogP contribution in [0.5, 0.6) is 11.6 Å². The van der Waals surface area contributed by atoms with Crippen LogP contribution >= 0.6 is 11.6 Å². The van der Waals surface area contributed by atoms with Crippen LogP contribution in [0.4, 0.5) is 23.4 Å². The number of rotatable bonds is 3. The van der Waals surface area contributed by atoms with Crippen molar-refractivity contribution in [3.8, 4) is 11.6 Å². The van der Waals surface area contributed by atoms with E-state index in [1.807, 2.05) is 0 Å². The van der Waals surface area contributed by atoms with E-state index in [0.29, 0.717) is 0 Å². The zero-order chi connectivity index (χ0) is 13.9. The maximum Gasteiger partial charge on any atom is 0.422 e. The molecule has 1 N–H and O–H groups in total. The highest BCUT2D eigenvalue weighted by atomic mass is 35.5. The number of aromatic nitrogens is 1. The summed E-state index contributed by atoms with van der Waals surface area (Å²) < 4.78 is 53.0. The highest BCUT2D eigenvalue weighted by Crippen LogP contribution is 2.38. The molecule has 11 heteroatoms. The van der Waals surface area contributed by atoms with Crippen LogP contribution in [-0.4, -0.2) is 22.9 Å². The number of hydrogen-bond acceptors (Lipinski definition) is 4. The van der Waals surface area contributed by atoms with Crippen molar-refractivity contribution in [1.82, 2.24) is 4.98 Å². The van der Waals surface area contributed by atoms with Crippen molar-refractivity contribution in [2.24, 2.45) is 5.11 Å². The highest BCUT2D eigenvalue weighted by molar-refractivity contribution is 6.33. The first kappa shape index (κ1) is 14.1. The van der Waals surface area contributed by atoms with Crippen LogP contribution in [0.1, 0.15) is 0 Å². The van der Waals surface area contributed by atoms with Gasteiger partial charge < -0.3 is 9.84 Å². The SMILES string of the molecule is [N-]=[N+]=Nc1nc(OCC(F)(F)F)c(Cl)c(O)c1F. The summed E-state index contributed by atoms with van der Waals surface area (Å²) in [6.07, 6.45) is -4.67. The number of hydrogen-bond donors (Lipinski definition) is 1. The maximum atomic E-state index is 13.2. The second kappa shape index (κ2) is 5.15. The maximum absolute atomic E-state index is 13.2. The van der Waals surface area contributed by atoms with Gasteiger partial charge >= 0.3 is 6.18 Å². The van der Waals surface area contributed by atoms with Crippen molar-refractivity contribution >= 4 is 17.4 Å². The van der Waals surface area contributed by atoms with Gasteiger partial charge in [0.1, 0.15) is 5.02 Å². The van der Waals surface area contributed by atoms with Crippen molar-refractivity contribution in [3.05, 3.63) is 21.3 Å². The molecule has 0 aliphatic rings. The third kappa shape index (κ3) is 3.28. The van der Waals surface area contributed by atoms with E-state index < -0.39 is 41.1 Å². The summed E-state index contributed by atoms with van der Waals surface area (Å²) in [7, 11) is 0. The number of pyridine rings is 1. The van der Waals surface area contributed by atoms with Gasteiger partial charge in [0.2, 0.25) is 5.88 Å². The van der Waals surface area contributed by atoms with Gasteiger partial charge in [-0.2, -0.15) is 13.2 Å². The van der Waals surface area contributed by atoms with Crippen LogP contribution in [0.25, 0.3) is 10.4 Å². The fourth-order valence-electron chi connectivity index (χ4n) is 0.852. The van der Waals surface area contributed by atoms with Gasteiger partial charge in [-0.05, 0) is 10.6 Å². The van der Waals surface area contributed by atoms with E-state index in [-0.39, 0.29) is 0 Å². The summed E-state index contributed by atoms with van der Waals surface area (Å²) in [5.74, 6) is -4.55. The fraction of sp³-hybridized carbons (Fsp3) is 0.286. The van der Waals surface area contributed by atoms with Gasteiger partial charge in [0, 0.05) is 4.91 Å². The first-order valence-corrected chi connectivity index (χ1v) is 4.46. The summed E-state index contributed by atoms with van der Waals surface area (Å²) in [5.41, 5.74) is 8.07. The quantitative estimate of drug-likeness (QED) is 0.399. The molecule has 6 nitrogen and oxygen atoms in total. The van der Waals surface area contributed by atoms with Crippen molar-refractivity contribution in [3.63, 3.8) is 0 Å². The number of nitrogens with zero attached hydrogens (tertiary/aromatic N) is 4. The Hall–Kier alpha value is -1.93. The van der Waals surface area contributed by atoms with Crippen LogP contribution in [0.3, 0.4) is 0 Å². The van der Waals surface area contributed by atoms with Gasteiger partial charge in [-0.15, -0.1) is 0 Å². The molecule has 0 saturated carbocycles. The normalized spacial score (nSPS) is 10.9. The number of halogens is 5. The molecular weight excluding hydrogens is 284 g/mol. The number of ether oxygens (including phenoxy) is 1.